The SMILES string of the molecule is CCNC(=NCc1sc(C)nc1C)NCC(C)(O)c1cc(C)oc1C.I. The highest BCUT2D eigenvalue weighted by atomic mass is 127. The van der Waals surface area contributed by atoms with Crippen LogP contribution in [0.25, 0.3) is 0 Å². The van der Waals surface area contributed by atoms with Gasteiger partial charge in [-0.05, 0) is 47.6 Å². The lowest BCUT2D eigenvalue weighted by Crippen LogP contribution is -2.44. The molecule has 2 aromatic rings. The number of halogens is 1. The van der Waals surface area contributed by atoms with E-state index in [1.54, 1.807) is 18.3 Å². The molecule has 26 heavy (non-hydrogen) atoms. The van der Waals surface area contributed by atoms with E-state index in [1.807, 2.05) is 40.7 Å². The fraction of sp³-hybridized carbons (Fsp3) is 0.556. The number of aryl methyl sites for hydroxylation is 4. The standard InChI is InChI=1S/C18H28N4O2S.HI/c1-7-19-17(20-9-16-12(3)22-14(5)25-16)21-10-18(6,23)15-8-11(2)24-13(15)4;/h8,23H,7,9-10H2,1-6H3,(H2,19,20,21);1H. The Bertz CT molecular complexity index is 752. The highest BCUT2D eigenvalue weighted by molar-refractivity contribution is 14.0. The number of aromatic nitrogens is 1. The van der Waals surface area contributed by atoms with Crippen molar-refractivity contribution >= 4 is 41.3 Å². The van der Waals surface area contributed by atoms with E-state index < -0.39 is 5.60 Å². The first-order valence-electron chi connectivity index (χ1n) is 8.48. The zero-order valence-corrected chi connectivity index (χ0v) is 19.4. The van der Waals surface area contributed by atoms with Crippen molar-refractivity contribution in [1.29, 1.82) is 0 Å². The smallest absolute Gasteiger partial charge is 0.191 e. The van der Waals surface area contributed by atoms with E-state index >= 15 is 0 Å². The lowest BCUT2D eigenvalue weighted by Gasteiger charge is -2.24. The fourth-order valence-corrected chi connectivity index (χ4v) is 3.59. The van der Waals surface area contributed by atoms with Crippen LogP contribution in [0.15, 0.2) is 15.5 Å². The maximum atomic E-state index is 10.8. The number of aliphatic hydroxyl groups is 1. The van der Waals surface area contributed by atoms with Crippen molar-refractivity contribution in [2.24, 2.45) is 4.99 Å². The van der Waals surface area contributed by atoms with Crippen LogP contribution in [-0.4, -0.2) is 29.1 Å². The highest BCUT2D eigenvalue weighted by Crippen LogP contribution is 2.26. The lowest BCUT2D eigenvalue weighted by atomic mass is 9.96. The molecule has 6 nitrogen and oxygen atoms in total. The monoisotopic (exact) mass is 492 g/mol. The van der Waals surface area contributed by atoms with Crippen LogP contribution in [0.2, 0.25) is 0 Å². The van der Waals surface area contributed by atoms with Crippen molar-refractivity contribution in [2.45, 2.75) is 53.7 Å². The van der Waals surface area contributed by atoms with Crippen molar-refractivity contribution in [2.75, 3.05) is 13.1 Å². The maximum Gasteiger partial charge on any atom is 0.191 e. The third-order valence-electron chi connectivity index (χ3n) is 3.95. The molecule has 0 aromatic carbocycles. The van der Waals surface area contributed by atoms with Crippen LogP contribution in [0.1, 0.15) is 46.5 Å². The molecule has 0 aliphatic rings. The molecule has 0 amide bonds. The molecule has 0 radical (unpaired) electrons. The summed E-state index contributed by atoms with van der Waals surface area (Å²) in [7, 11) is 0. The number of hydrogen-bond donors (Lipinski definition) is 3. The van der Waals surface area contributed by atoms with Gasteiger partial charge in [-0.25, -0.2) is 9.98 Å². The first kappa shape index (κ1) is 22.9. The molecule has 8 heteroatoms. The number of nitrogens with one attached hydrogen (secondary N) is 2. The van der Waals surface area contributed by atoms with Gasteiger partial charge in [-0.2, -0.15) is 0 Å². The minimum absolute atomic E-state index is 0. The number of furan rings is 1. The van der Waals surface area contributed by atoms with Crippen LogP contribution in [0.5, 0.6) is 0 Å². The predicted octanol–water partition coefficient (Wildman–Crippen LogP) is 3.55. The molecular weight excluding hydrogens is 463 g/mol. The topological polar surface area (TPSA) is 82.7 Å². The number of nitrogens with zero attached hydrogens (tertiary/aromatic N) is 2. The van der Waals surface area contributed by atoms with E-state index in [9.17, 15) is 5.11 Å². The van der Waals surface area contributed by atoms with Gasteiger partial charge < -0.3 is 20.2 Å². The van der Waals surface area contributed by atoms with Crippen molar-refractivity contribution < 1.29 is 9.52 Å². The summed E-state index contributed by atoms with van der Waals surface area (Å²) in [5.74, 6) is 2.21. The molecule has 0 aliphatic carbocycles. The molecule has 3 N–H and O–H groups in total. The Kier molecular flexibility index (Phi) is 8.55. The van der Waals surface area contributed by atoms with Crippen LogP contribution in [0.3, 0.4) is 0 Å². The second-order valence-electron chi connectivity index (χ2n) is 6.39. The summed E-state index contributed by atoms with van der Waals surface area (Å²) in [6, 6.07) is 1.88. The average Bonchev–Trinajstić information content (AvgIpc) is 3.03. The second kappa shape index (κ2) is 9.70. The minimum atomic E-state index is -1.05. The number of thiazole rings is 1. The van der Waals surface area contributed by atoms with Crippen LogP contribution >= 0.6 is 35.3 Å². The van der Waals surface area contributed by atoms with Crippen molar-refractivity contribution in [3.05, 3.63) is 38.7 Å². The van der Waals surface area contributed by atoms with Crippen molar-refractivity contribution in [1.82, 2.24) is 15.6 Å². The average molecular weight is 492 g/mol. The Morgan fingerprint density at radius 2 is 2.00 bits per heavy atom. The van der Waals surface area contributed by atoms with Crippen LogP contribution < -0.4 is 10.6 Å². The third-order valence-corrected chi connectivity index (χ3v) is 5.00. The zero-order valence-electron chi connectivity index (χ0n) is 16.3. The zero-order chi connectivity index (χ0) is 18.6. The molecule has 2 aromatic heterocycles. The quantitative estimate of drug-likeness (QED) is 0.327. The van der Waals surface area contributed by atoms with E-state index in [1.165, 1.54) is 0 Å². The molecule has 0 spiro atoms. The molecule has 0 bridgehead atoms. The number of aliphatic imine (C=N–C) groups is 1. The predicted molar refractivity (Wildman–Crippen MR) is 118 cm³/mol. The van der Waals surface area contributed by atoms with Crippen molar-refractivity contribution in [3.8, 4) is 0 Å². The van der Waals surface area contributed by atoms with Gasteiger partial charge in [0.05, 0.1) is 23.8 Å². The van der Waals surface area contributed by atoms with E-state index in [0.29, 0.717) is 19.0 Å². The molecule has 0 saturated carbocycles. The number of guanidine groups is 1. The Hall–Kier alpha value is -1.13. The highest BCUT2D eigenvalue weighted by Gasteiger charge is 2.27. The van der Waals surface area contributed by atoms with Gasteiger partial charge in [0.15, 0.2) is 5.96 Å². The van der Waals surface area contributed by atoms with Gasteiger partial charge in [0.25, 0.3) is 0 Å². The fourth-order valence-electron chi connectivity index (χ4n) is 2.73. The normalized spacial score (nSPS) is 13.9. The van der Waals surface area contributed by atoms with Crippen molar-refractivity contribution in [3.63, 3.8) is 0 Å². The molecule has 1 atom stereocenters. The Balaban J connectivity index is 0.00000338. The van der Waals surface area contributed by atoms with Gasteiger partial charge in [0, 0.05) is 17.0 Å². The minimum Gasteiger partial charge on any atom is -0.466 e. The van der Waals surface area contributed by atoms with E-state index in [4.69, 9.17) is 4.42 Å². The first-order chi connectivity index (χ1) is 11.7. The largest absolute Gasteiger partial charge is 0.466 e. The van der Waals surface area contributed by atoms with Crippen LogP contribution in [0.4, 0.5) is 0 Å². The van der Waals surface area contributed by atoms with Gasteiger partial charge in [0.1, 0.15) is 17.1 Å². The Morgan fingerprint density at radius 3 is 2.50 bits per heavy atom. The van der Waals surface area contributed by atoms with E-state index in [2.05, 4.69) is 20.6 Å². The molecule has 0 aliphatic heterocycles. The lowest BCUT2D eigenvalue weighted by molar-refractivity contribution is 0.0601. The Morgan fingerprint density at radius 1 is 1.31 bits per heavy atom. The number of hydrogen-bond acceptors (Lipinski definition) is 5. The first-order valence-corrected chi connectivity index (χ1v) is 9.29. The third kappa shape index (κ3) is 5.95. The summed E-state index contributed by atoms with van der Waals surface area (Å²) >= 11 is 1.66. The Labute approximate surface area is 176 Å². The molecule has 1 unspecified atom stereocenters. The van der Waals surface area contributed by atoms with Gasteiger partial charge in [0.2, 0.25) is 0 Å². The van der Waals surface area contributed by atoms with Gasteiger partial charge >= 0.3 is 0 Å². The summed E-state index contributed by atoms with van der Waals surface area (Å²) in [6.07, 6.45) is 0. The maximum absolute atomic E-state index is 10.8. The second-order valence-corrected chi connectivity index (χ2v) is 7.68. The van der Waals surface area contributed by atoms with Crippen LogP contribution in [0, 0.1) is 27.7 Å². The summed E-state index contributed by atoms with van der Waals surface area (Å²) in [5.41, 5.74) is 0.774. The molecule has 146 valence electrons. The van der Waals surface area contributed by atoms with Gasteiger partial charge in [-0.1, -0.05) is 0 Å². The summed E-state index contributed by atoms with van der Waals surface area (Å²) in [5, 5.41) is 18.3. The molecule has 2 rings (SSSR count). The molecule has 2 heterocycles. The molecule has 0 saturated heterocycles. The summed E-state index contributed by atoms with van der Waals surface area (Å²) in [6.45, 7) is 13.2. The molecular formula is C18H29IN4O2S. The summed E-state index contributed by atoms with van der Waals surface area (Å²) in [4.78, 5) is 10.2. The molecule has 0 fully saturated rings. The van der Waals surface area contributed by atoms with Crippen LogP contribution in [-0.2, 0) is 12.1 Å². The van der Waals surface area contributed by atoms with E-state index in [0.717, 1.165) is 39.2 Å². The number of rotatable bonds is 6. The van der Waals surface area contributed by atoms with E-state index in [-0.39, 0.29) is 24.0 Å². The van der Waals surface area contributed by atoms with Gasteiger partial charge in [-0.3, -0.25) is 0 Å². The summed E-state index contributed by atoms with van der Waals surface area (Å²) < 4.78 is 5.54. The van der Waals surface area contributed by atoms with Gasteiger partial charge in [-0.15, -0.1) is 35.3 Å².